The van der Waals surface area contributed by atoms with Crippen molar-refractivity contribution < 1.29 is 27.5 Å². The summed E-state index contributed by atoms with van der Waals surface area (Å²) in [7, 11) is 1.31. The molecule has 4 rings (SSSR count). The molecule has 1 N–H and O–H groups in total. The van der Waals surface area contributed by atoms with E-state index in [0.717, 1.165) is 5.56 Å². The summed E-state index contributed by atoms with van der Waals surface area (Å²) < 4.78 is 42.7. The third-order valence-electron chi connectivity index (χ3n) is 6.58. The first-order chi connectivity index (χ1) is 18.2. The number of nitrogens with one attached hydrogen (secondary N) is 1. The Bertz CT molecular complexity index is 1220. The summed E-state index contributed by atoms with van der Waals surface area (Å²) in [4.78, 5) is 26.8. The van der Waals surface area contributed by atoms with Gasteiger partial charge in [-0.2, -0.15) is 13.2 Å². The molecule has 200 valence electrons. The number of benzene rings is 3. The average molecular weight is 543 g/mol. The van der Waals surface area contributed by atoms with Crippen molar-refractivity contribution in [2.45, 2.75) is 55.0 Å². The van der Waals surface area contributed by atoms with Gasteiger partial charge in [-0.1, -0.05) is 43.5 Å². The number of rotatable bonds is 7. The number of anilines is 2. The quantitative estimate of drug-likeness (QED) is 0.241. The maximum Gasteiger partial charge on any atom is 0.446 e. The molecule has 0 heterocycles. The van der Waals surface area contributed by atoms with E-state index >= 15 is 0 Å². The standard InChI is InChI=1S/C29H29F3N2O3S/c1-37-27(35)23-9-7-20(8-10-23)19-34(25-15-11-22(12-16-25)21-5-3-2-4-6-21)28(36)33-24-13-17-26(18-14-24)38-29(30,31)32/h7-18,21H,2-6,19H2,1H3,(H,33,36). The van der Waals surface area contributed by atoms with Crippen molar-refractivity contribution in [3.05, 3.63) is 89.5 Å². The molecule has 0 saturated heterocycles. The molecule has 0 spiro atoms. The number of esters is 1. The molecule has 1 aliphatic carbocycles. The van der Waals surface area contributed by atoms with E-state index in [1.54, 1.807) is 29.2 Å². The van der Waals surface area contributed by atoms with Gasteiger partial charge in [0.05, 0.1) is 19.2 Å². The molecule has 2 amide bonds. The molecule has 0 atom stereocenters. The molecule has 38 heavy (non-hydrogen) atoms. The summed E-state index contributed by atoms with van der Waals surface area (Å²) in [6, 6.07) is 19.9. The van der Waals surface area contributed by atoms with Crippen LogP contribution in [-0.2, 0) is 11.3 Å². The number of amides is 2. The molecule has 0 aromatic heterocycles. The highest BCUT2D eigenvalue weighted by Gasteiger charge is 2.29. The number of urea groups is 1. The number of carbonyl (C=O) groups is 2. The molecule has 1 fully saturated rings. The van der Waals surface area contributed by atoms with Gasteiger partial charge in [0.25, 0.3) is 0 Å². The van der Waals surface area contributed by atoms with Gasteiger partial charge in [-0.25, -0.2) is 9.59 Å². The van der Waals surface area contributed by atoms with Gasteiger partial charge in [0.2, 0.25) is 0 Å². The number of hydrogen-bond acceptors (Lipinski definition) is 4. The first kappa shape index (κ1) is 27.6. The summed E-state index contributed by atoms with van der Waals surface area (Å²) in [6.45, 7) is 0.220. The lowest BCUT2D eigenvalue weighted by Gasteiger charge is -2.26. The Morgan fingerprint density at radius 3 is 2.13 bits per heavy atom. The Labute approximate surface area is 224 Å². The van der Waals surface area contributed by atoms with Gasteiger partial charge in [-0.3, -0.25) is 4.90 Å². The molecule has 5 nitrogen and oxygen atoms in total. The van der Waals surface area contributed by atoms with Gasteiger partial charge in [0.1, 0.15) is 0 Å². The van der Waals surface area contributed by atoms with E-state index in [0.29, 0.717) is 22.9 Å². The zero-order valence-electron chi connectivity index (χ0n) is 21.0. The minimum atomic E-state index is -4.38. The molecule has 0 bridgehead atoms. The highest BCUT2D eigenvalue weighted by atomic mass is 32.2. The van der Waals surface area contributed by atoms with Crippen molar-refractivity contribution in [2.75, 3.05) is 17.3 Å². The average Bonchev–Trinajstić information content (AvgIpc) is 2.92. The molecule has 9 heteroatoms. The molecular formula is C29H29F3N2O3S. The molecular weight excluding hydrogens is 513 g/mol. The Morgan fingerprint density at radius 1 is 0.921 bits per heavy atom. The van der Waals surface area contributed by atoms with E-state index < -0.39 is 17.5 Å². The largest absolute Gasteiger partial charge is 0.465 e. The summed E-state index contributed by atoms with van der Waals surface area (Å²) in [5.41, 5.74) is -0.861. The van der Waals surface area contributed by atoms with Crippen LogP contribution in [0.4, 0.5) is 29.3 Å². The topological polar surface area (TPSA) is 58.6 Å². The fourth-order valence-corrected chi connectivity index (χ4v) is 5.16. The fourth-order valence-electron chi connectivity index (χ4n) is 4.62. The second kappa shape index (κ2) is 12.4. The van der Waals surface area contributed by atoms with E-state index in [9.17, 15) is 22.8 Å². The van der Waals surface area contributed by atoms with Crippen LogP contribution in [0.1, 0.15) is 59.5 Å². The van der Waals surface area contributed by atoms with Crippen LogP contribution in [0.2, 0.25) is 0 Å². The second-order valence-corrected chi connectivity index (χ2v) is 10.3. The number of nitrogens with zero attached hydrogens (tertiary/aromatic N) is 1. The lowest BCUT2D eigenvalue weighted by molar-refractivity contribution is -0.0328. The van der Waals surface area contributed by atoms with Crippen LogP contribution in [0.5, 0.6) is 0 Å². The summed E-state index contributed by atoms with van der Waals surface area (Å²) in [6.07, 6.45) is 6.05. The van der Waals surface area contributed by atoms with Gasteiger partial charge in [0.15, 0.2) is 0 Å². The number of alkyl halides is 3. The monoisotopic (exact) mass is 542 g/mol. The second-order valence-electron chi connectivity index (χ2n) is 9.20. The minimum absolute atomic E-state index is 0.0383. The lowest BCUT2D eigenvalue weighted by atomic mass is 9.84. The highest BCUT2D eigenvalue weighted by molar-refractivity contribution is 8.00. The number of methoxy groups -OCH3 is 1. The molecule has 1 saturated carbocycles. The Balaban J connectivity index is 1.54. The zero-order valence-corrected chi connectivity index (χ0v) is 21.8. The van der Waals surface area contributed by atoms with E-state index in [4.69, 9.17) is 4.74 Å². The van der Waals surface area contributed by atoms with E-state index in [1.807, 2.05) is 12.1 Å². The summed E-state index contributed by atoms with van der Waals surface area (Å²) in [5, 5.41) is 2.79. The number of thioether (sulfide) groups is 1. The van der Waals surface area contributed by atoms with Gasteiger partial charge in [-0.05, 0) is 90.2 Å². The van der Waals surface area contributed by atoms with Crippen LogP contribution in [0.15, 0.2) is 77.7 Å². The Hall–Kier alpha value is -3.46. The van der Waals surface area contributed by atoms with Gasteiger partial charge >= 0.3 is 17.5 Å². The van der Waals surface area contributed by atoms with Crippen LogP contribution in [-0.4, -0.2) is 24.6 Å². The molecule has 3 aromatic rings. The van der Waals surface area contributed by atoms with Crippen LogP contribution in [0, 0.1) is 0 Å². The van der Waals surface area contributed by atoms with Gasteiger partial charge < -0.3 is 10.1 Å². The van der Waals surface area contributed by atoms with E-state index in [2.05, 4.69) is 17.4 Å². The molecule has 1 aliphatic rings. The number of halogens is 3. The van der Waals surface area contributed by atoms with Crippen LogP contribution in [0.3, 0.4) is 0 Å². The van der Waals surface area contributed by atoms with Crippen LogP contribution in [0.25, 0.3) is 0 Å². The predicted molar refractivity (Wildman–Crippen MR) is 144 cm³/mol. The van der Waals surface area contributed by atoms with E-state index in [-0.39, 0.29) is 23.2 Å². The minimum Gasteiger partial charge on any atom is -0.465 e. The number of ether oxygens (including phenoxy) is 1. The maximum absolute atomic E-state index is 13.4. The number of carbonyl (C=O) groups excluding carboxylic acids is 2. The predicted octanol–water partition coefficient (Wildman–Crippen LogP) is 8.37. The summed E-state index contributed by atoms with van der Waals surface area (Å²) >= 11 is -0.205. The maximum atomic E-state index is 13.4. The van der Waals surface area contributed by atoms with E-state index in [1.165, 1.54) is 69.0 Å². The lowest BCUT2D eigenvalue weighted by Crippen LogP contribution is -2.34. The Kier molecular flexibility index (Phi) is 8.99. The highest BCUT2D eigenvalue weighted by Crippen LogP contribution is 2.37. The molecule has 0 aliphatic heterocycles. The van der Waals surface area contributed by atoms with Crippen molar-refractivity contribution in [3.63, 3.8) is 0 Å². The van der Waals surface area contributed by atoms with Crippen molar-refractivity contribution in [1.82, 2.24) is 0 Å². The van der Waals surface area contributed by atoms with Crippen LogP contribution < -0.4 is 10.2 Å². The molecule has 3 aromatic carbocycles. The Morgan fingerprint density at radius 2 is 1.55 bits per heavy atom. The molecule has 0 unspecified atom stereocenters. The molecule has 0 radical (unpaired) electrons. The first-order valence-corrected chi connectivity index (χ1v) is 13.2. The van der Waals surface area contributed by atoms with Crippen molar-refractivity contribution >= 4 is 35.1 Å². The first-order valence-electron chi connectivity index (χ1n) is 12.4. The van der Waals surface area contributed by atoms with Crippen LogP contribution >= 0.6 is 11.8 Å². The van der Waals surface area contributed by atoms with Gasteiger partial charge in [-0.15, -0.1) is 0 Å². The van der Waals surface area contributed by atoms with Gasteiger partial charge in [0, 0.05) is 16.3 Å². The normalized spacial score (nSPS) is 14.1. The van der Waals surface area contributed by atoms with Crippen molar-refractivity contribution in [2.24, 2.45) is 0 Å². The third-order valence-corrected chi connectivity index (χ3v) is 7.32. The third kappa shape index (κ3) is 7.54. The fraction of sp³-hybridized carbons (Fsp3) is 0.310. The van der Waals surface area contributed by atoms with Crippen molar-refractivity contribution in [1.29, 1.82) is 0 Å². The summed E-state index contributed by atoms with van der Waals surface area (Å²) in [5.74, 6) is 0.0793. The SMILES string of the molecule is COC(=O)c1ccc(CN(C(=O)Nc2ccc(SC(F)(F)F)cc2)c2ccc(C3CCCCC3)cc2)cc1. The number of hydrogen-bond donors (Lipinski definition) is 1. The van der Waals surface area contributed by atoms with Crippen molar-refractivity contribution in [3.8, 4) is 0 Å². The smallest absolute Gasteiger partial charge is 0.446 e. The zero-order chi connectivity index (χ0) is 27.1.